The first kappa shape index (κ1) is 11.0. The minimum absolute atomic E-state index is 0.370. The summed E-state index contributed by atoms with van der Waals surface area (Å²) in [5.41, 5.74) is 0. The number of hydrogen-bond donors (Lipinski definition) is 3. The van der Waals surface area contributed by atoms with E-state index >= 15 is 0 Å². The molecular weight excluding hydrogens is 163 g/mol. The molecule has 4 nitrogen and oxygen atoms in total. The summed E-state index contributed by atoms with van der Waals surface area (Å²) in [5, 5.41) is 6.44. The summed E-state index contributed by atoms with van der Waals surface area (Å²) in [6.07, 6.45) is 0.370. The van der Waals surface area contributed by atoms with Crippen LogP contribution in [0.3, 0.4) is 0 Å². The highest BCUT2D eigenvalue weighted by Gasteiger charge is 1.98. The first-order valence-corrected chi connectivity index (χ1v) is 5.22. The Labute approximate surface area is 68.2 Å². The van der Waals surface area contributed by atoms with Crippen LogP contribution in [0.4, 0.5) is 0 Å². The van der Waals surface area contributed by atoms with Crippen LogP contribution in [0.1, 0.15) is 6.92 Å². The van der Waals surface area contributed by atoms with Crippen molar-refractivity contribution in [3.05, 3.63) is 0 Å². The summed E-state index contributed by atoms with van der Waals surface area (Å²) in [7, 11) is -1.85. The number of rotatable bonds is 1. The molecule has 0 aliphatic carbocycles. The summed E-state index contributed by atoms with van der Waals surface area (Å²) in [6, 6.07) is 0. The molecule has 0 amide bonds. The second kappa shape index (κ2) is 8.08. The third-order valence-electron chi connectivity index (χ3n) is 1.23. The van der Waals surface area contributed by atoms with E-state index in [1.165, 1.54) is 0 Å². The van der Waals surface area contributed by atoms with Crippen LogP contribution < -0.4 is 10.6 Å². The molecule has 11 heavy (non-hydrogen) atoms. The predicted octanol–water partition coefficient (Wildman–Crippen LogP) is -0.0798. The van der Waals surface area contributed by atoms with E-state index in [1.807, 2.05) is 0 Å². The Bertz CT molecular complexity index is 95.2. The zero-order chi connectivity index (χ0) is 8.53. The van der Waals surface area contributed by atoms with Crippen molar-refractivity contribution >= 4 is 8.03 Å². The van der Waals surface area contributed by atoms with Gasteiger partial charge in [0.1, 0.15) is 0 Å². The molecule has 1 unspecified atom stereocenters. The third-order valence-corrected chi connectivity index (χ3v) is 1.77. The smallest absolute Gasteiger partial charge is 0.314 e. The minimum Gasteiger partial charge on any atom is -0.314 e. The largest absolute Gasteiger partial charge is 0.505 e. The van der Waals surface area contributed by atoms with E-state index in [-0.39, 0.29) is 0 Å². The van der Waals surface area contributed by atoms with Crippen molar-refractivity contribution in [3.8, 4) is 0 Å². The molecule has 1 rings (SSSR count). The van der Waals surface area contributed by atoms with E-state index in [4.69, 9.17) is 4.89 Å². The van der Waals surface area contributed by atoms with Gasteiger partial charge in [0.25, 0.3) is 0 Å². The van der Waals surface area contributed by atoms with Crippen LogP contribution in [-0.2, 0) is 4.57 Å². The molecule has 0 aromatic heterocycles. The van der Waals surface area contributed by atoms with Crippen LogP contribution in [-0.4, -0.2) is 37.2 Å². The van der Waals surface area contributed by atoms with Gasteiger partial charge < -0.3 is 10.6 Å². The van der Waals surface area contributed by atoms with Crippen LogP contribution in [0.2, 0.25) is 0 Å². The molecule has 5 heteroatoms. The van der Waals surface area contributed by atoms with Gasteiger partial charge in [0.2, 0.25) is 0 Å². The van der Waals surface area contributed by atoms with Gasteiger partial charge in [0.15, 0.2) is 6.16 Å². The molecule has 0 bridgehead atoms. The lowest BCUT2D eigenvalue weighted by molar-refractivity contribution is 0.504. The van der Waals surface area contributed by atoms with Crippen molar-refractivity contribution in [1.82, 2.24) is 10.6 Å². The molecule has 1 saturated heterocycles. The fraction of sp³-hybridized carbons (Fsp3) is 1.00. The van der Waals surface area contributed by atoms with Gasteiger partial charge in [-0.2, -0.15) is 4.89 Å². The van der Waals surface area contributed by atoms with Gasteiger partial charge in [-0.25, -0.2) is 0 Å². The average Bonchev–Trinajstić information content (AvgIpc) is 2.09. The average molecular weight is 179 g/mol. The Hall–Kier alpha value is -0.0200. The van der Waals surface area contributed by atoms with E-state index in [2.05, 4.69) is 10.6 Å². The third kappa shape index (κ3) is 9.98. The molecule has 1 fully saturated rings. The van der Waals surface area contributed by atoms with Gasteiger partial charge in [-0.3, -0.25) is 0 Å². The SMILES string of the molecule is C1CNCCN1.CC[P+](=O)O. The van der Waals surface area contributed by atoms with Crippen molar-refractivity contribution in [3.63, 3.8) is 0 Å². The standard InChI is InChI=1S/C4H10N2.C2H5O2P/c1-2-6-4-3-5-1;1-2-5(3)4/h5-6H,1-4H2;2H2,1H3/p+1. The number of nitrogens with one attached hydrogen (secondary N) is 2. The maximum atomic E-state index is 9.52. The lowest BCUT2D eigenvalue weighted by Crippen LogP contribution is -2.39. The van der Waals surface area contributed by atoms with Gasteiger partial charge in [-0.15, -0.1) is 0 Å². The zero-order valence-corrected chi connectivity index (χ0v) is 7.73. The molecule has 66 valence electrons. The summed E-state index contributed by atoms with van der Waals surface area (Å²) >= 11 is 0. The summed E-state index contributed by atoms with van der Waals surface area (Å²) < 4.78 is 9.52. The Morgan fingerprint density at radius 3 is 1.64 bits per heavy atom. The highest BCUT2D eigenvalue weighted by molar-refractivity contribution is 7.37. The molecule has 1 aliphatic rings. The maximum absolute atomic E-state index is 9.52. The van der Waals surface area contributed by atoms with Crippen LogP contribution in [0, 0.1) is 0 Å². The monoisotopic (exact) mass is 179 g/mol. The van der Waals surface area contributed by atoms with Crippen LogP contribution >= 0.6 is 8.03 Å². The van der Waals surface area contributed by atoms with E-state index in [0.717, 1.165) is 26.2 Å². The molecule has 0 spiro atoms. The first-order valence-electron chi connectivity index (χ1n) is 3.82. The predicted molar refractivity (Wildman–Crippen MR) is 46.1 cm³/mol. The van der Waals surface area contributed by atoms with Gasteiger partial charge in [0.05, 0.1) is 0 Å². The highest BCUT2D eigenvalue weighted by atomic mass is 31.1. The molecule has 1 atom stereocenters. The second-order valence-electron chi connectivity index (χ2n) is 2.17. The number of piperazine rings is 1. The Morgan fingerprint density at radius 1 is 1.27 bits per heavy atom. The van der Waals surface area contributed by atoms with Crippen molar-refractivity contribution in [2.24, 2.45) is 0 Å². The molecular formula is C6H16N2O2P+. The van der Waals surface area contributed by atoms with Gasteiger partial charge in [-0.1, -0.05) is 0 Å². The normalized spacial score (nSPS) is 18.2. The summed E-state index contributed by atoms with van der Waals surface area (Å²) in [5.74, 6) is 0. The Morgan fingerprint density at radius 2 is 1.55 bits per heavy atom. The van der Waals surface area contributed by atoms with E-state index in [9.17, 15) is 4.57 Å². The van der Waals surface area contributed by atoms with E-state index < -0.39 is 8.03 Å². The summed E-state index contributed by atoms with van der Waals surface area (Å²) in [4.78, 5) is 7.87. The lowest BCUT2D eigenvalue weighted by Gasteiger charge is -2.11. The van der Waals surface area contributed by atoms with Gasteiger partial charge in [-0.05, 0) is 11.5 Å². The molecule has 1 aliphatic heterocycles. The first-order chi connectivity index (χ1) is 5.27. The van der Waals surface area contributed by atoms with Crippen LogP contribution in [0.15, 0.2) is 0 Å². The molecule has 0 saturated carbocycles. The highest BCUT2D eigenvalue weighted by Crippen LogP contribution is 2.08. The molecule has 3 N–H and O–H groups in total. The molecule has 0 radical (unpaired) electrons. The molecule has 0 aromatic carbocycles. The Kier molecular flexibility index (Phi) is 8.07. The Balaban J connectivity index is 0.000000187. The van der Waals surface area contributed by atoms with E-state index in [1.54, 1.807) is 6.92 Å². The zero-order valence-electron chi connectivity index (χ0n) is 6.84. The fourth-order valence-corrected chi connectivity index (χ4v) is 0.604. The lowest BCUT2D eigenvalue weighted by atomic mass is 10.4. The molecule has 0 aromatic rings. The molecule has 1 heterocycles. The quantitative estimate of drug-likeness (QED) is 0.493. The van der Waals surface area contributed by atoms with Crippen molar-refractivity contribution < 1.29 is 9.46 Å². The van der Waals surface area contributed by atoms with Crippen molar-refractivity contribution in [2.75, 3.05) is 32.3 Å². The van der Waals surface area contributed by atoms with E-state index in [0.29, 0.717) is 6.16 Å². The van der Waals surface area contributed by atoms with Crippen LogP contribution in [0.5, 0.6) is 0 Å². The van der Waals surface area contributed by atoms with Crippen molar-refractivity contribution in [2.45, 2.75) is 6.92 Å². The maximum Gasteiger partial charge on any atom is 0.505 e. The van der Waals surface area contributed by atoms with Crippen molar-refractivity contribution in [1.29, 1.82) is 0 Å². The van der Waals surface area contributed by atoms with Gasteiger partial charge >= 0.3 is 8.03 Å². The van der Waals surface area contributed by atoms with Crippen LogP contribution in [0.25, 0.3) is 0 Å². The topological polar surface area (TPSA) is 61.4 Å². The second-order valence-corrected chi connectivity index (χ2v) is 3.51. The fourth-order valence-electron chi connectivity index (χ4n) is 0.604. The number of hydrogen-bond acceptors (Lipinski definition) is 3. The van der Waals surface area contributed by atoms with Gasteiger partial charge in [0, 0.05) is 26.2 Å². The summed E-state index contributed by atoms with van der Waals surface area (Å²) in [6.45, 7) is 6.22. The minimum atomic E-state index is -1.85.